The zero-order valence-corrected chi connectivity index (χ0v) is 9.57. The van der Waals surface area contributed by atoms with Gasteiger partial charge in [-0.15, -0.1) is 11.3 Å². The summed E-state index contributed by atoms with van der Waals surface area (Å²) in [6, 6.07) is 2.00. The van der Waals surface area contributed by atoms with Gasteiger partial charge in [-0.3, -0.25) is 0 Å². The monoisotopic (exact) mass is 245 g/mol. The van der Waals surface area contributed by atoms with Gasteiger partial charge in [0.15, 0.2) is 0 Å². The molecule has 0 aliphatic rings. The number of nitrogens with zero attached hydrogens (tertiary/aromatic N) is 1. The maximum Gasteiger partial charge on any atom is 0.123 e. The number of aliphatic hydroxyl groups is 1. The van der Waals surface area contributed by atoms with Gasteiger partial charge in [-0.05, 0) is 22.4 Å². The second-order valence-electron chi connectivity index (χ2n) is 2.85. The molecule has 0 spiro atoms. The minimum absolute atomic E-state index is 0.540. The number of aromatic nitrogens is 1. The van der Waals surface area contributed by atoms with Gasteiger partial charge in [0.05, 0.1) is 6.20 Å². The number of thiazole rings is 1. The zero-order chi connectivity index (χ0) is 9.97. The van der Waals surface area contributed by atoms with E-state index in [0.717, 1.165) is 5.56 Å². The lowest BCUT2D eigenvalue weighted by atomic mass is 10.1. The molecule has 14 heavy (non-hydrogen) atoms. The highest BCUT2D eigenvalue weighted by Gasteiger charge is 2.12. The molecule has 1 unspecified atom stereocenters. The summed E-state index contributed by atoms with van der Waals surface area (Å²) in [6.45, 7) is 0. The quantitative estimate of drug-likeness (QED) is 0.901. The van der Waals surface area contributed by atoms with E-state index in [-0.39, 0.29) is 0 Å². The molecule has 2 aromatic heterocycles. The van der Waals surface area contributed by atoms with Crippen LogP contribution in [0.4, 0.5) is 0 Å². The summed E-state index contributed by atoms with van der Waals surface area (Å²) in [5.74, 6) is 0. The van der Waals surface area contributed by atoms with Gasteiger partial charge >= 0.3 is 0 Å². The second kappa shape index (κ2) is 4.40. The summed E-state index contributed by atoms with van der Waals surface area (Å²) in [6.07, 6.45) is 1.63. The van der Waals surface area contributed by atoms with Crippen LogP contribution < -0.4 is 0 Å². The number of hydrogen-bond donors (Lipinski definition) is 1. The zero-order valence-electron chi connectivity index (χ0n) is 7.18. The van der Waals surface area contributed by atoms with E-state index < -0.39 is 6.10 Å². The van der Waals surface area contributed by atoms with Gasteiger partial charge in [0.2, 0.25) is 0 Å². The van der Waals surface area contributed by atoms with Crippen molar-refractivity contribution in [2.24, 2.45) is 0 Å². The Hall–Kier alpha value is -0.420. The average Bonchev–Trinajstić information content (AvgIpc) is 2.75. The lowest BCUT2D eigenvalue weighted by Gasteiger charge is -2.04. The Bertz CT molecular complexity index is 399. The maximum atomic E-state index is 9.80. The number of rotatable bonds is 3. The molecule has 2 nitrogen and oxygen atoms in total. The topological polar surface area (TPSA) is 33.1 Å². The van der Waals surface area contributed by atoms with Crippen molar-refractivity contribution in [1.29, 1.82) is 0 Å². The molecule has 0 fully saturated rings. The number of thiophene rings is 1. The second-order valence-corrected chi connectivity index (χ2v) is 5.33. The van der Waals surface area contributed by atoms with Crippen molar-refractivity contribution < 1.29 is 5.11 Å². The van der Waals surface area contributed by atoms with E-state index in [1.165, 1.54) is 11.3 Å². The highest BCUT2D eigenvalue weighted by atomic mass is 35.5. The van der Waals surface area contributed by atoms with Crippen LogP contribution >= 0.6 is 34.3 Å². The first-order valence-electron chi connectivity index (χ1n) is 4.06. The minimum atomic E-state index is -0.540. The molecule has 0 saturated carbocycles. The van der Waals surface area contributed by atoms with E-state index in [0.29, 0.717) is 15.8 Å². The molecule has 0 saturated heterocycles. The Morgan fingerprint density at radius 1 is 1.57 bits per heavy atom. The molecule has 1 atom stereocenters. The molecule has 0 amide bonds. The highest BCUT2D eigenvalue weighted by molar-refractivity contribution is 7.15. The summed E-state index contributed by atoms with van der Waals surface area (Å²) in [7, 11) is 0. The van der Waals surface area contributed by atoms with Gasteiger partial charge in [0.1, 0.15) is 15.4 Å². The van der Waals surface area contributed by atoms with Crippen LogP contribution in [0.15, 0.2) is 23.0 Å². The lowest BCUT2D eigenvalue weighted by Crippen LogP contribution is -1.99. The van der Waals surface area contributed by atoms with Crippen molar-refractivity contribution in [3.63, 3.8) is 0 Å². The molecule has 2 aromatic rings. The fourth-order valence-corrected chi connectivity index (χ4v) is 2.74. The molecule has 0 aliphatic heterocycles. The van der Waals surface area contributed by atoms with Gasteiger partial charge in [0.25, 0.3) is 0 Å². The minimum Gasteiger partial charge on any atom is -0.386 e. The van der Waals surface area contributed by atoms with Crippen LogP contribution in [0.3, 0.4) is 0 Å². The van der Waals surface area contributed by atoms with Crippen LogP contribution in [-0.4, -0.2) is 10.1 Å². The third-order valence-corrected chi connectivity index (χ3v) is 3.74. The van der Waals surface area contributed by atoms with Crippen LogP contribution in [0.1, 0.15) is 16.7 Å². The number of hydrogen-bond acceptors (Lipinski definition) is 4. The molecule has 0 bridgehead atoms. The Morgan fingerprint density at radius 3 is 3.00 bits per heavy atom. The predicted octanol–water partition coefficient (Wildman–Crippen LogP) is 3.13. The summed E-state index contributed by atoms with van der Waals surface area (Å²) < 4.78 is 0.615. The van der Waals surface area contributed by atoms with Crippen molar-refractivity contribution in [2.45, 2.75) is 12.5 Å². The highest BCUT2D eigenvalue weighted by Crippen LogP contribution is 2.26. The molecule has 0 aliphatic carbocycles. The normalized spacial score (nSPS) is 13.0. The van der Waals surface area contributed by atoms with Crippen molar-refractivity contribution in [2.75, 3.05) is 0 Å². The first kappa shape index (κ1) is 10.1. The SMILES string of the molecule is OC(Cc1ccsc1)c1ncc(Cl)s1. The van der Waals surface area contributed by atoms with Gasteiger partial charge < -0.3 is 5.11 Å². The lowest BCUT2D eigenvalue weighted by molar-refractivity contribution is 0.178. The molecule has 74 valence electrons. The standard InChI is InChI=1S/C9H8ClNOS2/c10-8-4-11-9(14-8)7(12)3-6-1-2-13-5-6/h1-2,4-5,7,12H,3H2. The maximum absolute atomic E-state index is 9.80. The van der Waals surface area contributed by atoms with Crippen molar-refractivity contribution in [3.8, 4) is 0 Å². The van der Waals surface area contributed by atoms with Gasteiger partial charge in [-0.25, -0.2) is 4.98 Å². The van der Waals surface area contributed by atoms with Crippen molar-refractivity contribution in [1.82, 2.24) is 4.98 Å². The van der Waals surface area contributed by atoms with E-state index >= 15 is 0 Å². The van der Waals surface area contributed by atoms with Crippen molar-refractivity contribution in [3.05, 3.63) is 37.9 Å². The van der Waals surface area contributed by atoms with E-state index in [9.17, 15) is 5.11 Å². The predicted molar refractivity (Wildman–Crippen MR) is 60.1 cm³/mol. The van der Waals surface area contributed by atoms with Gasteiger partial charge in [-0.1, -0.05) is 11.6 Å². The Labute approximate surface area is 94.8 Å². The molecule has 1 N–H and O–H groups in total. The average molecular weight is 246 g/mol. The fraction of sp³-hybridized carbons (Fsp3) is 0.222. The molecular formula is C9H8ClNOS2. The largest absolute Gasteiger partial charge is 0.386 e. The first-order valence-corrected chi connectivity index (χ1v) is 6.20. The smallest absolute Gasteiger partial charge is 0.123 e. The van der Waals surface area contributed by atoms with Crippen molar-refractivity contribution >= 4 is 34.3 Å². The van der Waals surface area contributed by atoms with Gasteiger partial charge in [-0.2, -0.15) is 11.3 Å². The summed E-state index contributed by atoms with van der Waals surface area (Å²) in [4.78, 5) is 4.04. The number of aliphatic hydroxyl groups excluding tert-OH is 1. The Morgan fingerprint density at radius 2 is 2.43 bits per heavy atom. The van der Waals surface area contributed by atoms with Crippen LogP contribution in [0.25, 0.3) is 0 Å². The molecule has 0 radical (unpaired) electrons. The van der Waals surface area contributed by atoms with Crippen LogP contribution in [0.2, 0.25) is 4.34 Å². The van der Waals surface area contributed by atoms with Gasteiger partial charge in [0, 0.05) is 6.42 Å². The number of halogens is 1. The van der Waals surface area contributed by atoms with E-state index in [1.807, 2.05) is 16.8 Å². The fourth-order valence-electron chi connectivity index (χ4n) is 1.14. The molecular weight excluding hydrogens is 238 g/mol. The summed E-state index contributed by atoms with van der Waals surface area (Å²) >= 11 is 8.69. The van der Waals surface area contributed by atoms with E-state index in [1.54, 1.807) is 17.5 Å². The van der Waals surface area contributed by atoms with E-state index in [2.05, 4.69) is 4.98 Å². The third-order valence-electron chi connectivity index (χ3n) is 1.79. The summed E-state index contributed by atoms with van der Waals surface area (Å²) in [5, 5.41) is 14.5. The molecule has 0 aromatic carbocycles. The van der Waals surface area contributed by atoms with E-state index in [4.69, 9.17) is 11.6 Å². The van der Waals surface area contributed by atoms with Crippen LogP contribution in [-0.2, 0) is 6.42 Å². The Balaban J connectivity index is 2.06. The van der Waals surface area contributed by atoms with Crippen LogP contribution in [0.5, 0.6) is 0 Å². The molecule has 2 rings (SSSR count). The van der Waals surface area contributed by atoms with Crippen LogP contribution in [0, 0.1) is 0 Å². The first-order chi connectivity index (χ1) is 6.75. The Kier molecular flexibility index (Phi) is 3.18. The third kappa shape index (κ3) is 2.33. The molecule has 5 heteroatoms. The molecule has 2 heterocycles. The summed E-state index contributed by atoms with van der Waals surface area (Å²) in [5.41, 5.74) is 1.13.